The summed E-state index contributed by atoms with van der Waals surface area (Å²) in [5, 5.41) is 2.54. The predicted molar refractivity (Wildman–Crippen MR) is 139 cm³/mol. The van der Waals surface area contributed by atoms with E-state index in [1.807, 2.05) is 50.2 Å². The molecule has 178 valence electrons. The monoisotopic (exact) mass is 552 g/mol. The molecule has 0 unspecified atom stereocenters. The number of urea groups is 1. The van der Waals surface area contributed by atoms with Crippen molar-refractivity contribution >= 4 is 57.1 Å². The second-order valence-corrected chi connectivity index (χ2v) is 9.33. The van der Waals surface area contributed by atoms with Crippen LogP contribution < -0.4 is 15.0 Å². The number of hydrogen-bond acceptors (Lipinski definition) is 4. The van der Waals surface area contributed by atoms with Gasteiger partial charge in [-0.2, -0.15) is 0 Å². The van der Waals surface area contributed by atoms with E-state index in [2.05, 4.69) is 21.2 Å². The van der Waals surface area contributed by atoms with Crippen LogP contribution in [0.25, 0.3) is 6.08 Å². The van der Waals surface area contributed by atoms with E-state index in [1.165, 1.54) is 6.08 Å². The number of benzene rings is 3. The quantitative estimate of drug-likeness (QED) is 0.290. The summed E-state index contributed by atoms with van der Waals surface area (Å²) >= 11 is 9.92. The van der Waals surface area contributed by atoms with Crippen LogP contribution >= 0.6 is 27.5 Å². The number of nitrogens with one attached hydrogen (secondary N) is 1. The Morgan fingerprint density at radius 2 is 1.66 bits per heavy atom. The molecule has 1 aliphatic heterocycles. The van der Waals surface area contributed by atoms with Gasteiger partial charge in [-0.05, 0) is 76.3 Å². The van der Waals surface area contributed by atoms with Gasteiger partial charge in [0.2, 0.25) is 0 Å². The number of carbonyl (C=O) groups excluding carboxylic acids is 3. The summed E-state index contributed by atoms with van der Waals surface area (Å²) in [5.74, 6) is -1.04. The van der Waals surface area contributed by atoms with Crippen molar-refractivity contribution in [1.29, 1.82) is 0 Å². The molecule has 6 nitrogen and oxygen atoms in total. The third-order valence-electron chi connectivity index (χ3n) is 5.54. The van der Waals surface area contributed by atoms with Crippen LogP contribution in [-0.2, 0) is 22.6 Å². The van der Waals surface area contributed by atoms with Crippen molar-refractivity contribution < 1.29 is 19.1 Å². The molecular formula is C27H22BrClN2O4. The molecule has 0 spiro atoms. The van der Waals surface area contributed by atoms with Crippen LogP contribution in [0.3, 0.4) is 0 Å². The molecule has 0 aliphatic carbocycles. The van der Waals surface area contributed by atoms with Crippen molar-refractivity contribution in [3.63, 3.8) is 0 Å². The van der Waals surface area contributed by atoms with Gasteiger partial charge < -0.3 is 4.74 Å². The van der Waals surface area contributed by atoms with Crippen molar-refractivity contribution in [2.45, 2.75) is 26.9 Å². The average Bonchev–Trinajstić information content (AvgIpc) is 2.82. The van der Waals surface area contributed by atoms with E-state index in [9.17, 15) is 14.4 Å². The van der Waals surface area contributed by atoms with Crippen molar-refractivity contribution in [2.75, 3.05) is 4.90 Å². The second kappa shape index (κ2) is 10.5. The Balaban J connectivity index is 1.59. The molecule has 3 aromatic carbocycles. The smallest absolute Gasteiger partial charge is 0.335 e. The zero-order valence-corrected chi connectivity index (χ0v) is 21.4. The van der Waals surface area contributed by atoms with E-state index in [4.69, 9.17) is 16.3 Å². The third-order valence-corrected chi connectivity index (χ3v) is 6.41. The van der Waals surface area contributed by atoms with Crippen molar-refractivity contribution in [3.05, 3.63) is 98.0 Å². The lowest BCUT2D eigenvalue weighted by molar-refractivity contribution is -0.122. The third kappa shape index (κ3) is 5.47. The summed E-state index contributed by atoms with van der Waals surface area (Å²) in [6.45, 7) is 4.35. The van der Waals surface area contributed by atoms with Gasteiger partial charge in [0.1, 0.15) is 12.2 Å². The number of nitrogens with zero attached hydrogens (tertiary/aromatic N) is 1. The van der Waals surface area contributed by atoms with Gasteiger partial charge in [-0.1, -0.05) is 60.5 Å². The Morgan fingerprint density at radius 1 is 1.00 bits per heavy atom. The first kappa shape index (κ1) is 24.7. The molecule has 1 heterocycles. The first-order valence-electron chi connectivity index (χ1n) is 10.9. The van der Waals surface area contributed by atoms with Crippen LogP contribution in [0.1, 0.15) is 29.2 Å². The number of anilines is 1. The summed E-state index contributed by atoms with van der Waals surface area (Å²) in [4.78, 5) is 39.0. The Labute approximate surface area is 216 Å². The first-order valence-corrected chi connectivity index (χ1v) is 12.1. The molecule has 0 atom stereocenters. The zero-order chi connectivity index (χ0) is 25.1. The molecule has 4 amide bonds. The minimum Gasteiger partial charge on any atom is -0.486 e. The summed E-state index contributed by atoms with van der Waals surface area (Å²) in [5.41, 5.74) is 3.91. The molecule has 3 aromatic rings. The van der Waals surface area contributed by atoms with Gasteiger partial charge in [-0.25, -0.2) is 9.69 Å². The SMILES string of the molecule is CCc1ccc(N2C(=O)NC(=O)/C(=C/c3cc(Cl)c(OCc4ccc(C)cc4)c(Br)c3)C2=O)cc1. The fourth-order valence-corrected chi connectivity index (χ4v) is 4.57. The molecule has 1 aliphatic rings. The van der Waals surface area contributed by atoms with Gasteiger partial charge in [-0.15, -0.1) is 0 Å². The lowest BCUT2D eigenvalue weighted by Crippen LogP contribution is -2.54. The molecule has 0 bridgehead atoms. The van der Waals surface area contributed by atoms with Gasteiger partial charge in [0, 0.05) is 0 Å². The maximum atomic E-state index is 13.1. The minimum absolute atomic E-state index is 0.180. The van der Waals surface area contributed by atoms with Crippen molar-refractivity contribution in [1.82, 2.24) is 5.32 Å². The zero-order valence-electron chi connectivity index (χ0n) is 19.1. The van der Waals surface area contributed by atoms with E-state index in [0.717, 1.165) is 28.0 Å². The van der Waals surface area contributed by atoms with Gasteiger partial charge in [0.25, 0.3) is 11.8 Å². The highest BCUT2D eigenvalue weighted by atomic mass is 79.9. The average molecular weight is 554 g/mol. The fourth-order valence-electron chi connectivity index (χ4n) is 3.58. The number of amides is 4. The van der Waals surface area contributed by atoms with Crippen LogP contribution in [0.5, 0.6) is 5.75 Å². The summed E-state index contributed by atoms with van der Waals surface area (Å²) < 4.78 is 6.46. The fraction of sp³-hybridized carbons (Fsp3) is 0.148. The predicted octanol–water partition coefficient (Wildman–Crippen LogP) is 6.22. The van der Waals surface area contributed by atoms with Gasteiger partial charge in [-0.3, -0.25) is 14.9 Å². The van der Waals surface area contributed by atoms with Crippen LogP contribution in [0.2, 0.25) is 5.02 Å². The standard InChI is InChI=1S/C27H22BrClN2O4/c1-3-17-8-10-20(11-9-17)31-26(33)21(25(32)30-27(31)34)12-19-13-22(28)24(23(29)14-19)35-15-18-6-4-16(2)5-7-18/h4-14H,3,15H2,1-2H3,(H,30,32,34)/b21-12-. The molecular weight excluding hydrogens is 532 g/mol. The van der Waals surface area contributed by atoms with E-state index < -0.39 is 17.8 Å². The second-order valence-electron chi connectivity index (χ2n) is 8.07. The molecule has 0 aromatic heterocycles. The van der Waals surface area contributed by atoms with Gasteiger partial charge in [0.15, 0.2) is 5.75 Å². The Morgan fingerprint density at radius 3 is 2.29 bits per heavy atom. The van der Waals surface area contributed by atoms with E-state index in [0.29, 0.717) is 33.1 Å². The molecule has 35 heavy (non-hydrogen) atoms. The van der Waals surface area contributed by atoms with E-state index in [-0.39, 0.29) is 5.57 Å². The number of ether oxygens (including phenoxy) is 1. The number of halogens is 2. The highest BCUT2D eigenvalue weighted by molar-refractivity contribution is 9.10. The first-order chi connectivity index (χ1) is 16.8. The summed E-state index contributed by atoms with van der Waals surface area (Å²) in [6, 6.07) is 17.5. The molecule has 1 fully saturated rings. The molecule has 1 saturated heterocycles. The highest BCUT2D eigenvalue weighted by Gasteiger charge is 2.36. The molecule has 4 rings (SSSR count). The van der Waals surface area contributed by atoms with Crippen LogP contribution in [0.15, 0.2) is 70.7 Å². The lowest BCUT2D eigenvalue weighted by atomic mass is 10.1. The number of carbonyl (C=O) groups is 3. The van der Waals surface area contributed by atoms with Crippen molar-refractivity contribution in [3.8, 4) is 5.75 Å². The molecule has 8 heteroatoms. The topological polar surface area (TPSA) is 75.7 Å². The van der Waals surface area contributed by atoms with Crippen LogP contribution in [0.4, 0.5) is 10.5 Å². The van der Waals surface area contributed by atoms with E-state index >= 15 is 0 Å². The number of rotatable bonds is 6. The number of imide groups is 2. The van der Waals surface area contributed by atoms with Crippen LogP contribution in [0, 0.1) is 6.92 Å². The summed E-state index contributed by atoms with van der Waals surface area (Å²) in [7, 11) is 0. The maximum absolute atomic E-state index is 13.1. The Bertz CT molecular complexity index is 1310. The van der Waals surface area contributed by atoms with Gasteiger partial charge in [0.05, 0.1) is 15.2 Å². The summed E-state index contributed by atoms with van der Waals surface area (Å²) in [6.07, 6.45) is 2.22. The number of hydrogen-bond donors (Lipinski definition) is 1. The van der Waals surface area contributed by atoms with Gasteiger partial charge >= 0.3 is 6.03 Å². The highest BCUT2D eigenvalue weighted by Crippen LogP contribution is 2.36. The van der Waals surface area contributed by atoms with E-state index in [1.54, 1.807) is 24.3 Å². The maximum Gasteiger partial charge on any atom is 0.335 e. The normalized spacial score (nSPS) is 14.9. The minimum atomic E-state index is -0.791. The Hall–Kier alpha value is -3.42. The molecule has 1 N–H and O–H groups in total. The largest absolute Gasteiger partial charge is 0.486 e. The lowest BCUT2D eigenvalue weighted by Gasteiger charge is -2.26. The number of barbiturate groups is 1. The van der Waals surface area contributed by atoms with Crippen LogP contribution in [-0.4, -0.2) is 17.8 Å². The Kier molecular flexibility index (Phi) is 7.38. The molecule has 0 radical (unpaired) electrons. The van der Waals surface area contributed by atoms with Crippen molar-refractivity contribution in [2.24, 2.45) is 0 Å². The number of aryl methyl sites for hydroxylation is 2. The molecule has 0 saturated carbocycles.